The standard InChI is InChI=1S/C17H17F2N3O2.C2H6/c1-2-24-15(23)11-9-20-16(21-10-11)22-17(7-4-8-17)14-12(18)5-3-6-13(14)19;1-2/h3,5-6,9-10H,2,4,7-8H2,1H3,(H,20,21,22);1-2H3. The van der Waals surface area contributed by atoms with Crippen molar-refractivity contribution in [3.63, 3.8) is 0 Å². The van der Waals surface area contributed by atoms with Gasteiger partial charge in [-0.3, -0.25) is 0 Å². The minimum absolute atomic E-state index is 0.00863. The van der Waals surface area contributed by atoms with E-state index in [0.717, 1.165) is 6.42 Å². The highest BCUT2D eigenvalue weighted by molar-refractivity contribution is 5.88. The number of carbonyl (C=O) groups excluding carboxylic acids is 1. The second-order valence-corrected chi connectivity index (χ2v) is 5.67. The van der Waals surface area contributed by atoms with E-state index < -0.39 is 23.1 Å². The molecule has 0 amide bonds. The van der Waals surface area contributed by atoms with Crippen LogP contribution in [-0.4, -0.2) is 22.5 Å². The predicted octanol–water partition coefficient (Wildman–Crippen LogP) is 4.45. The molecule has 0 spiro atoms. The number of ether oxygens (including phenoxy) is 1. The van der Waals surface area contributed by atoms with Crippen molar-refractivity contribution in [3.05, 3.63) is 53.4 Å². The molecule has 1 heterocycles. The van der Waals surface area contributed by atoms with Crippen molar-refractivity contribution in [1.29, 1.82) is 0 Å². The number of rotatable bonds is 5. The van der Waals surface area contributed by atoms with E-state index in [-0.39, 0.29) is 23.7 Å². The number of carbonyl (C=O) groups is 1. The van der Waals surface area contributed by atoms with E-state index >= 15 is 0 Å². The molecule has 5 nitrogen and oxygen atoms in total. The Bertz CT molecular complexity index is 727. The Labute approximate surface area is 151 Å². The van der Waals surface area contributed by atoms with Crippen molar-refractivity contribution in [2.45, 2.75) is 45.6 Å². The van der Waals surface area contributed by atoms with Gasteiger partial charge in [0.25, 0.3) is 0 Å². The van der Waals surface area contributed by atoms with Crippen LogP contribution in [0.3, 0.4) is 0 Å². The fraction of sp³-hybridized carbons (Fsp3) is 0.421. The van der Waals surface area contributed by atoms with Crippen molar-refractivity contribution in [2.24, 2.45) is 0 Å². The predicted molar refractivity (Wildman–Crippen MR) is 94.8 cm³/mol. The summed E-state index contributed by atoms with van der Waals surface area (Å²) in [4.78, 5) is 19.7. The van der Waals surface area contributed by atoms with Crippen molar-refractivity contribution >= 4 is 11.9 Å². The van der Waals surface area contributed by atoms with Gasteiger partial charge >= 0.3 is 5.97 Å². The fourth-order valence-corrected chi connectivity index (χ4v) is 2.85. The lowest BCUT2D eigenvalue weighted by atomic mass is 9.71. The minimum Gasteiger partial charge on any atom is -0.462 e. The summed E-state index contributed by atoms with van der Waals surface area (Å²) < 4.78 is 33.1. The molecule has 0 unspecified atom stereocenters. The maximum atomic E-state index is 14.1. The molecule has 1 saturated carbocycles. The smallest absolute Gasteiger partial charge is 0.341 e. The van der Waals surface area contributed by atoms with Gasteiger partial charge in [-0.15, -0.1) is 0 Å². The molecule has 26 heavy (non-hydrogen) atoms. The van der Waals surface area contributed by atoms with Gasteiger partial charge in [0.05, 0.1) is 17.7 Å². The average molecular weight is 363 g/mol. The minimum atomic E-state index is -0.860. The van der Waals surface area contributed by atoms with E-state index in [1.54, 1.807) is 6.92 Å². The highest BCUT2D eigenvalue weighted by Gasteiger charge is 2.43. The largest absolute Gasteiger partial charge is 0.462 e. The van der Waals surface area contributed by atoms with Crippen LogP contribution in [0.4, 0.5) is 14.7 Å². The number of benzene rings is 1. The summed E-state index contributed by atoms with van der Waals surface area (Å²) in [5.41, 5.74) is -0.627. The van der Waals surface area contributed by atoms with Crippen molar-refractivity contribution in [1.82, 2.24) is 9.97 Å². The van der Waals surface area contributed by atoms with Crippen LogP contribution in [0.25, 0.3) is 0 Å². The number of halogens is 2. The average Bonchev–Trinajstić information content (AvgIpc) is 2.61. The Morgan fingerprint density at radius 2 is 1.77 bits per heavy atom. The SMILES string of the molecule is CC.CCOC(=O)c1cnc(NC2(c3c(F)cccc3F)CCC2)nc1. The lowest BCUT2D eigenvalue weighted by Crippen LogP contribution is -2.44. The van der Waals surface area contributed by atoms with E-state index in [1.165, 1.54) is 30.6 Å². The number of esters is 1. The van der Waals surface area contributed by atoms with Crippen LogP contribution in [-0.2, 0) is 10.3 Å². The monoisotopic (exact) mass is 363 g/mol. The molecule has 0 aliphatic heterocycles. The van der Waals surface area contributed by atoms with Crippen LogP contribution in [0.5, 0.6) is 0 Å². The molecule has 1 aromatic carbocycles. The van der Waals surface area contributed by atoms with Crippen LogP contribution < -0.4 is 5.32 Å². The number of anilines is 1. The van der Waals surface area contributed by atoms with Gasteiger partial charge in [0.1, 0.15) is 11.6 Å². The van der Waals surface area contributed by atoms with Gasteiger partial charge in [0.2, 0.25) is 5.95 Å². The Morgan fingerprint density at radius 1 is 1.19 bits per heavy atom. The van der Waals surface area contributed by atoms with Gasteiger partial charge in [0, 0.05) is 18.0 Å². The second kappa shape index (κ2) is 8.69. The number of aromatic nitrogens is 2. The molecule has 2 aromatic rings. The molecule has 0 bridgehead atoms. The molecule has 7 heteroatoms. The first kappa shape index (κ1) is 19.8. The topological polar surface area (TPSA) is 64.1 Å². The number of nitrogens with one attached hydrogen (secondary N) is 1. The Balaban J connectivity index is 0.00000117. The highest BCUT2D eigenvalue weighted by Crippen LogP contribution is 2.45. The summed E-state index contributed by atoms with van der Waals surface area (Å²) >= 11 is 0. The molecule has 3 rings (SSSR count). The maximum Gasteiger partial charge on any atom is 0.341 e. The lowest BCUT2D eigenvalue weighted by molar-refractivity contribution is 0.0525. The molecule has 1 aromatic heterocycles. The van der Waals surface area contributed by atoms with Gasteiger partial charge < -0.3 is 10.1 Å². The number of hydrogen-bond donors (Lipinski definition) is 1. The van der Waals surface area contributed by atoms with Crippen LogP contribution in [0.2, 0.25) is 0 Å². The van der Waals surface area contributed by atoms with Gasteiger partial charge in [-0.2, -0.15) is 0 Å². The van der Waals surface area contributed by atoms with Crippen molar-refractivity contribution in [2.75, 3.05) is 11.9 Å². The summed E-state index contributed by atoms with van der Waals surface area (Å²) in [7, 11) is 0. The molecule has 0 radical (unpaired) electrons. The van der Waals surface area contributed by atoms with Crippen LogP contribution in [0, 0.1) is 11.6 Å². The molecule has 1 aliphatic rings. The van der Waals surface area contributed by atoms with Gasteiger partial charge in [-0.25, -0.2) is 23.5 Å². The zero-order chi connectivity index (χ0) is 19.2. The lowest BCUT2D eigenvalue weighted by Gasteiger charge is -2.43. The maximum absolute atomic E-state index is 14.1. The third-order valence-electron chi connectivity index (χ3n) is 4.16. The zero-order valence-electron chi connectivity index (χ0n) is 15.2. The highest BCUT2D eigenvalue weighted by atomic mass is 19.1. The van der Waals surface area contributed by atoms with Crippen LogP contribution in [0.15, 0.2) is 30.6 Å². The molecule has 1 aliphatic carbocycles. The first-order valence-electron chi connectivity index (χ1n) is 8.77. The first-order chi connectivity index (χ1) is 12.6. The molecule has 140 valence electrons. The fourth-order valence-electron chi connectivity index (χ4n) is 2.85. The number of hydrogen-bond acceptors (Lipinski definition) is 5. The molecule has 1 N–H and O–H groups in total. The second-order valence-electron chi connectivity index (χ2n) is 5.67. The Hall–Kier alpha value is -2.57. The molecule has 1 fully saturated rings. The third-order valence-corrected chi connectivity index (χ3v) is 4.16. The zero-order valence-corrected chi connectivity index (χ0v) is 15.2. The number of nitrogens with zero attached hydrogens (tertiary/aromatic N) is 2. The molecular weight excluding hydrogens is 340 g/mol. The Morgan fingerprint density at radius 3 is 2.23 bits per heavy atom. The van der Waals surface area contributed by atoms with E-state index in [0.29, 0.717) is 12.8 Å². The van der Waals surface area contributed by atoms with Gasteiger partial charge in [-0.1, -0.05) is 19.9 Å². The molecule has 0 atom stereocenters. The summed E-state index contributed by atoms with van der Waals surface area (Å²) in [6, 6.07) is 3.82. The van der Waals surface area contributed by atoms with Gasteiger partial charge in [0.15, 0.2) is 0 Å². The third kappa shape index (κ3) is 3.98. The normalized spacial score (nSPS) is 14.5. The summed E-state index contributed by atoms with van der Waals surface area (Å²) in [5, 5.41) is 3.03. The van der Waals surface area contributed by atoms with Crippen LogP contribution in [0.1, 0.15) is 56.0 Å². The molecular formula is C19H23F2N3O2. The van der Waals surface area contributed by atoms with E-state index in [1.807, 2.05) is 13.8 Å². The quantitative estimate of drug-likeness (QED) is 0.795. The van der Waals surface area contributed by atoms with E-state index in [2.05, 4.69) is 15.3 Å². The first-order valence-corrected chi connectivity index (χ1v) is 8.77. The van der Waals surface area contributed by atoms with Crippen molar-refractivity contribution in [3.8, 4) is 0 Å². The summed E-state index contributed by atoms with van der Waals surface area (Å²) in [6.45, 7) is 5.96. The molecule has 0 saturated heterocycles. The van der Waals surface area contributed by atoms with E-state index in [9.17, 15) is 13.6 Å². The Kier molecular flexibility index (Phi) is 6.60. The summed E-state index contributed by atoms with van der Waals surface area (Å²) in [5.74, 6) is -1.48. The van der Waals surface area contributed by atoms with E-state index in [4.69, 9.17) is 4.74 Å². The summed E-state index contributed by atoms with van der Waals surface area (Å²) in [6.07, 6.45) is 4.66. The van der Waals surface area contributed by atoms with Gasteiger partial charge in [-0.05, 0) is 38.3 Å². The van der Waals surface area contributed by atoms with Crippen LogP contribution >= 0.6 is 0 Å². The van der Waals surface area contributed by atoms with Crippen molar-refractivity contribution < 1.29 is 18.3 Å².